The first-order valence-corrected chi connectivity index (χ1v) is 12.1. The van der Waals surface area contributed by atoms with Gasteiger partial charge in [0.2, 0.25) is 5.50 Å². The second-order valence-electron chi connectivity index (χ2n) is 7.35. The first-order valence-electron chi connectivity index (χ1n) is 10.4. The van der Waals surface area contributed by atoms with Crippen LogP contribution in [0.4, 0.5) is 4.79 Å². The van der Waals surface area contributed by atoms with Crippen molar-refractivity contribution in [3.63, 3.8) is 0 Å². The summed E-state index contributed by atoms with van der Waals surface area (Å²) in [6.07, 6.45) is -3.39. The Balaban J connectivity index is 2.79. The van der Waals surface area contributed by atoms with Gasteiger partial charge in [0.05, 0.1) is 32.5 Å². The second kappa shape index (κ2) is 14.4. The van der Waals surface area contributed by atoms with Crippen LogP contribution in [0.2, 0.25) is 0 Å². The van der Waals surface area contributed by atoms with Gasteiger partial charge in [0, 0.05) is 19.1 Å². The van der Waals surface area contributed by atoms with Crippen molar-refractivity contribution in [3.8, 4) is 0 Å². The molecule has 0 fully saturated rings. The van der Waals surface area contributed by atoms with E-state index in [0.29, 0.717) is 19.8 Å². The van der Waals surface area contributed by atoms with E-state index in [0.717, 1.165) is 12.5 Å². The Morgan fingerprint density at radius 3 is 2.48 bits per heavy atom. The molecule has 14 nitrogen and oxygen atoms in total. The van der Waals surface area contributed by atoms with Gasteiger partial charge in [-0.2, -0.15) is 0 Å². The van der Waals surface area contributed by atoms with Gasteiger partial charge < -0.3 is 55.3 Å². The van der Waals surface area contributed by atoms with Crippen LogP contribution in [0.25, 0.3) is 0 Å². The number of carbonyl (C=O) groups is 1. The van der Waals surface area contributed by atoms with E-state index >= 15 is 0 Å². The lowest BCUT2D eigenvalue weighted by Gasteiger charge is -2.40. The number of rotatable bonds is 14. The molecule has 1 aliphatic heterocycles. The zero-order valence-corrected chi connectivity index (χ0v) is 19.6. The smallest absolute Gasteiger partial charge is 0.407 e. The Hall–Kier alpha value is -1.93. The topological polar surface area (TPSA) is 226 Å². The Kier molecular flexibility index (Phi) is 12.7. The fraction of sp³-hybridized carbons (Fsp3) is 0.778. The summed E-state index contributed by atoms with van der Waals surface area (Å²) >= 11 is 0. The highest BCUT2D eigenvalue weighted by Crippen LogP contribution is 2.49. The van der Waals surface area contributed by atoms with Crippen LogP contribution in [0.3, 0.4) is 0 Å². The van der Waals surface area contributed by atoms with Gasteiger partial charge in [-0.1, -0.05) is 13.8 Å². The highest BCUT2D eigenvalue weighted by molar-refractivity contribution is 7.56. The summed E-state index contributed by atoms with van der Waals surface area (Å²) in [5.74, 6) is -1.15. The molecule has 9 N–H and O–H groups in total. The molecule has 15 heteroatoms. The van der Waals surface area contributed by atoms with Crippen molar-refractivity contribution in [2.75, 3.05) is 39.6 Å². The number of hydrogen-bond donors (Lipinski definition) is 8. The normalized spacial score (nSPS) is 22.5. The molecule has 0 aliphatic carbocycles. The van der Waals surface area contributed by atoms with E-state index in [4.69, 9.17) is 30.1 Å². The van der Waals surface area contributed by atoms with Crippen molar-refractivity contribution in [1.29, 1.82) is 5.41 Å². The maximum atomic E-state index is 12.2. The maximum Gasteiger partial charge on any atom is 0.407 e. The zero-order chi connectivity index (χ0) is 25.0. The summed E-state index contributed by atoms with van der Waals surface area (Å²) < 4.78 is 32.9. The summed E-state index contributed by atoms with van der Waals surface area (Å²) in [5, 5.41) is 32.0. The van der Waals surface area contributed by atoms with Gasteiger partial charge >= 0.3 is 13.7 Å². The monoisotopic (exact) mass is 498 g/mol. The molecule has 1 heterocycles. The first-order chi connectivity index (χ1) is 15.5. The molecule has 0 bridgehead atoms. The van der Waals surface area contributed by atoms with Gasteiger partial charge in [-0.3, -0.25) is 9.97 Å². The predicted molar refractivity (Wildman–Crippen MR) is 116 cm³/mol. The van der Waals surface area contributed by atoms with Crippen molar-refractivity contribution >= 4 is 19.6 Å². The average Bonchev–Trinajstić information content (AvgIpc) is 2.74. The molecule has 0 aromatic carbocycles. The SMILES string of the molecule is CCCOCCOCCNC(=O)O[C@@H]([C@@H]1OC(P(=O)(O)O)=C[C@H](NC(=N)N)[C@H]1C)[C@H](O)CO. The summed E-state index contributed by atoms with van der Waals surface area (Å²) in [5.41, 5.74) is 4.61. The number of ether oxygens (including phenoxy) is 4. The lowest BCUT2D eigenvalue weighted by molar-refractivity contribution is -0.110. The second-order valence-corrected chi connectivity index (χ2v) is 8.87. The highest BCUT2D eigenvalue weighted by Gasteiger charge is 2.45. The molecular weight excluding hydrogens is 463 g/mol. The van der Waals surface area contributed by atoms with Crippen LogP contribution in [-0.4, -0.2) is 96.0 Å². The average molecular weight is 498 g/mol. The van der Waals surface area contributed by atoms with Gasteiger partial charge in [-0.15, -0.1) is 0 Å². The van der Waals surface area contributed by atoms with Gasteiger partial charge in [0.1, 0.15) is 12.2 Å². The fourth-order valence-corrected chi connectivity index (χ4v) is 3.62. The number of hydrogen-bond acceptors (Lipinski definition) is 9. The van der Waals surface area contributed by atoms with Crippen molar-refractivity contribution in [2.24, 2.45) is 11.7 Å². The van der Waals surface area contributed by atoms with Crippen molar-refractivity contribution in [1.82, 2.24) is 10.6 Å². The van der Waals surface area contributed by atoms with Crippen LogP contribution < -0.4 is 16.4 Å². The molecule has 1 aliphatic rings. The van der Waals surface area contributed by atoms with Gasteiger partial charge in [-0.25, -0.2) is 4.79 Å². The van der Waals surface area contributed by atoms with Crippen molar-refractivity contribution < 1.29 is 48.3 Å². The Labute approximate surface area is 192 Å². The van der Waals surface area contributed by atoms with E-state index in [9.17, 15) is 29.4 Å². The van der Waals surface area contributed by atoms with Crippen molar-refractivity contribution in [3.05, 3.63) is 11.6 Å². The quantitative estimate of drug-likeness (QED) is 0.0610. The minimum atomic E-state index is -4.87. The minimum Gasteiger partial charge on any atom is -0.478 e. The van der Waals surface area contributed by atoms with E-state index in [2.05, 4.69) is 10.6 Å². The van der Waals surface area contributed by atoms with Gasteiger partial charge in [0.15, 0.2) is 12.1 Å². The number of nitrogens with one attached hydrogen (secondary N) is 3. The van der Waals surface area contributed by atoms with Crippen LogP contribution in [-0.2, 0) is 23.5 Å². The van der Waals surface area contributed by atoms with E-state index in [1.54, 1.807) is 6.92 Å². The van der Waals surface area contributed by atoms with Gasteiger partial charge in [-0.05, 0) is 12.5 Å². The van der Waals surface area contributed by atoms with Crippen LogP contribution in [0.15, 0.2) is 11.6 Å². The third-order valence-electron chi connectivity index (χ3n) is 4.64. The number of amides is 1. The number of carbonyl (C=O) groups excluding carboxylic acids is 1. The molecule has 5 atom stereocenters. The molecule has 0 saturated carbocycles. The standard InChI is InChI=1S/C18H35N4O10P/c1-3-5-29-7-8-30-6-4-21-18(25)32-16(13(24)10-23)15-11(2)12(22-17(19)20)9-14(31-15)33(26,27)28/h9,11-13,15-16,23-24H,3-8,10H2,1-2H3,(H,21,25)(H4,19,20,22)(H2,26,27,28)/t11-,12+,13-,15-,16-/m1/s1. The largest absolute Gasteiger partial charge is 0.478 e. The Morgan fingerprint density at radius 2 is 1.94 bits per heavy atom. The molecule has 1 rings (SSSR count). The predicted octanol–water partition coefficient (Wildman–Crippen LogP) is -1.22. The number of nitrogens with two attached hydrogens (primary N) is 1. The number of guanidine groups is 1. The summed E-state index contributed by atoms with van der Waals surface area (Å²) in [6, 6.07) is -0.882. The lowest BCUT2D eigenvalue weighted by Crippen LogP contribution is -2.55. The molecular formula is C18H35N4O10P. The number of aliphatic hydroxyl groups excluding tert-OH is 2. The van der Waals surface area contributed by atoms with Gasteiger partial charge in [0.25, 0.3) is 0 Å². The van der Waals surface area contributed by atoms with E-state index in [1.807, 2.05) is 6.92 Å². The van der Waals surface area contributed by atoms with Crippen LogP contribution in [0.1, 0.15) is 20.3 Å². The molecule has 192 valence electrons. The number of aliphatic hydroxyl groups is 2. The molecule has 0 radical (unpaired) electrons. The molecule has 0 aromatic rings. The van der Waals surface area contributed by atoms with Crippen LogP contribution in [0.5, 0.6) is 0 Å². The van der Waals surface area contributed by atoms with E-state index < -0.39 is 62.0 Å². The summed E-state index contributed by atoms with van der Waals surface area (Å²) in [7, 11) is -4.87. The molecule has 33 heavy (non-hydrogen) atoms. The zero-order valence-electron chi connectivity index (χ0n) is 18.7. The summed E-state index contributed by atoms with van der Waals surface area (Å²) in [4.78, 5) is 31.3. The van der Waals surface area contributed by atoms with Crippen LogP contribution in [0, 0.1) is 11.3 Å². The molecule has 0 saturated heterocycles. The minimum absolute atomic E-state index is 0.0811. The third kappa shape index (κ3) is 10.3. The third-order valence-corrected chi connectivity index (χ3v) is 5.47. The lowest BCUT2D eigenvalue weighted by atomic mass is 9.88. The Morgan fingerprint density at radius 1 is 1.30 bits per heavy atom. The molecule has 0 unspecified atom stereocenters. The van der Waals surface area contributed by atoms with Crippen molar-refractivity contribution in [2.45, 2.75) is 44.6 Å². The highest BCUT2D eigenvalue weighted by atomic mass is 31.2. The van der Waals surface area contributed by atoms with E-state index in [1.165, 1.54) is 0 Å². The molecule has 1 amide bonds. The van der Waals surface area contributed by atoms with E-state index in [-0.39, 0.29) is 13.2 Å². The maximum absolute atomic E-state index is 12.2. The Bertz CT molecular complexity index is 704. The summed E-state index contributed by atoms with van der Waals surface area (Å²) in [6.45, 7) is 4.40. The molecule has 0 aromatic heterocycles. The number of alkyl carbamates (subject to hydrolysis) is 1. The fourth-order valence-electron chi connectivity index (χ4n) is 3.01. The molecule has 0 spiro atoms. The first kappa shape index (κ1) is 29.1. The van der Waals surface area contributed by atoms with Crippen LogP contribution >= 0.6 is 7.60 Å².